The minimum atomic E-state index is -0.285. The molecule has 0 heterocycles. The van der Waals surface area contributed by atoms with Gasteiger partial charge in [-0.1, -0.05) is 123 Å². The molecule has 0 aromatic rings. The fourth-order valence-electron chi connectivity index (χ4n) is 3.88. The Morgan fingerprint density at radius 3 is 1.42 bits per heavy atom. The van der Waals surface area contributed by atoms with Gasteiger partial charge in [-0.25, -0.2) is 0 Å². The number of likely N-dealkylation sites (N-methyl/N-ethyl adjacent to an activating group) is 1. The lowest BCUT2D eigenvalue weighted by Gasteiger charge is -2.16. The lowest BCUT2D eigenvalue weighted by atomic mass is 10.0. The highest BCUT2D eigenvalue weighted by Gasteiger charge is 2.13. The van der Waals surface area contributed by atoms with Gasteiger partial charge in [-0.15, -0.1) is 0 Å². The second kappa shape index (κ2) is 23.6. The molecule has 4 heteroatoms. The summed E-state index contributed by atoms with van der Waals surface area (Å²) < 4.78 is 5.27. The smallest absolute Gasteiger partial charge is 0.325 e. The maximum atomic E-state index is 11.9. The fourth-order valence-corrected chi connectivity index (χ4v) is 3.88. The normalized spacial score (nSPS) is 10.9. The summed E-state index contributed by atoms with van der Waals surface area (Å²) in [5, 5.41) is 0. The van der Waals surface area contributed by atoms with Crippen molar-refractivity contribution in [2.24, 2.45) is 0 Å². The van der Waals surface area contributed by atoms with Crippen molar-refractivity contribution in [3.05, 3.63) is 0 Å². The number of hydrogen-bond donors (Lipinski definition) is 0. The molecule has 0 unspecified atom stereocenters. The number of carbonyl (C=O) groups excluding carboxylic acids is 2. The number of amides is 1. The summed E-state index contributed by atoms with van der Waals surface area (Å²) in [6, 6.07) is 0. The topological polar surface area (TPSA) is 46.6 Å². The van der Waals surface area contributed by atoms with Gasteiger partial charge in [-0.3, -0.25) is 9.59 Å². The first kappa shape index (κ1) is 29.9. The molecule has 0 bridgehead atoms. The Balaban J connectivity index is 3.31. The van der Waals surface area contributed by atoms with Crippen molar-refractivity contribution in [2.45, 2.75) is 142 Å². The highest BCUT2D eigenvalue weighted by molar-refractivity contribution is 5.81. The van der Waals surface area contributed by atoms with E-state index in [1.807, 2.05) is 0 Å². The van der Waals surface area contributed by atoms with Crippen LogP contribution in [0.3, 0.4) is 0 Å². The maximum Gasteiger partial charge on any atom is 0.325 e. The highest BCUT2D eigenvalue weighted by atomic mass is 16.5. The van der Waals surface area contributed by atoms with E-state index in [0.29, 0.717) is 13.0 Å². The largest absolute Gasteiger partial charge is 0.464 e. The first-order chi connectivity index (χ1) is 15.1. The standard InChI is InChI=1S/C27H53NO3/c1-4-6-8-9-10-11-12-13-14-15-16-17-18-19-20-22-24-31-27(30)25-28(3)26(29)23-21-7-5-2/h4-25H2,1-3H3. The molecule has 184 valence electrons. The van der Waals surface area contributed by atoms with E-state index in [-0.39, 0.29) is 18.4 Å². The summed E-state index contributed by atoms with van der Waals surface area (Å²) in [6.45, 7) is 4.95. The lowest BCUT2D eigenvalue weighted by molar-refractivity contribution is -0.148. The van der Waals surface area contributed by atoms with E-state index in [1.54, 1.807) is 7.05 Å². The van der Waals surface area contributed by atoms with Crippen LogP contribution in [0.5, 0.6) is 0 Å². The molecule has 0 atom stereocenters. The van der Waals surface area contributed by atoms with Gasteiger partial charge in [0.2, 0.25) is 5.91 Å². The summed E-state index contributed by atoms with van der Waals surface area (Å²) in [5.74, 6) is -0.250. The minimum Gasteiger partial charge on any atom is -0.464 e. The van der Waals surface area contributed by atoms with Crippen LogP contribution in [0.25, 0.3) is 0 Å². The zero-order chi connectivity index (χ0) is 23.0. The van der Waals surface area contributed by atoms with E-state index < -0.39 is 0 Å². The fraction of sp³-hybridized carbons (Fsp3) is 0.926. The molecule has 4 nitrogen and oxygen atoms in total. The molecule has 0 aromatic carbocycles. The Labute approximate surface area is 193 Å². The zero-order valence-corrected chi connectivity index (χ0v) is 21.2. The van der Waals surface area contributed by atoms with E-state index in [0.717, 1.165) is 32.1 Å². The van der Waals surface area contributed by atoms with Gasteiger partial charge in [0, 0.05) is 13.5 Å². The van der Waals surface area contributed by atoms with Crippen LogP contribution in [0.2, 0.25) is 0 Å². The van der Waals surface area contributed by atoms with E-state index in [1.165, 1.54) is 94.8 Å². The van der Waals surface area contributed by atoms with E-state index in [9.17, 15) is 9.59 Å². The van der Waals surface area contributed by atoms with Gasteiger partial charge in [-0.2, -0.15) is 0 Å². The molecular formula is C27H53NO3. The molecule has 31 heavy (non-hydrogen) atoms. The number of nitrogens with zero attached hydrogens (tertiary/aromatic N) is 1. The van der Waals surface area contributed by atoms with Gasteiger partial charge in [-0.05, 0) is 12.8 Å². The summed E-state index contributed by atoms with van der Waals surface area (Å²) in [4.78, 5) is 25.2. The third-order valence-electron chi connectivity index (χ3n) is 6.05. The Bertz CT molecular complexity index is 411. The lowest BCUT2D eigenvalue weighted by Crippen LogP contribution is -2.33. The van der Waals surface area contributed by atoms with Crippen LogP contribution in [-0.2, 0) is 14.3 Å². The van der Waals surface area contributed by atoms with Crippen molar-refractivity contribution in [1.29, 1.82) is 0 Å². The molecule has 0 aliphatic rings. The second-order valence-corrected chi connectivity index (χ2v) is 9.23. The third-order valence-corrected chi connectivity index (χ3v) is 6.05. The summed E-state index contributed by atoms with van der Waals surface area (Å²) in [7, 11) is 1.68. The average molecular weight is 440 g/mol. The van der Waals surface area contributed by atoms with Gasteiger partial charge in [0.05, 0.1) is 6.61 Å². The number of carbonyl (C=O) groups is 2. The molecule has 0 radical (unpaired) electrons. The summed E-state index contributed by atoms with van der Waals surface area (Å²) >= 11 is 0. The molecule has 0 aliphatic carbocycles. The van der Waals surface area contributed by atoms with Crippen molar-refractivity contribution < 1.29 is 14.3 Å². The van der Waals surface area contributed by atoms with E-state index >= 15 is 0 Å². The first-order valence-electron chi connectivity index (χ1n) is 13.5. The monoisotopic (exact) mass is 439 g/mol. The van der Waals surface area contributed by atoms with Gasteiger partial charge in [0.15, 0.2) is 0 Å². The summed E-state index contributed by atoms with van der Waals surface area (Å²) in [5.41, 5.74) is 0. The van der Waals surface area contributed by atoms with Crippen LogP contribution < -0.4 is 0 Å². The first-order valence-corrected chi connectivity index (χ1v) is 13.5. The number of unbranched alkanes of at least 4 members (excludes halogenated alkanes) is 17. The van der Waals surface area contributed by atoms with Crippen LogP contribution in [0.4, 0.5) is 0 Å². The molecule has 0 N–H and O–H groups in total. The Hall–Kier alpha value is -1.06. The number of ether oxygens (including phenoxy) is 1. The number of esters is 1. The maximum absolute atomic E-state index is 11.9. The highest BCUT2D eigenvalue weighted by Crippen LogP contribution is 2.13. The molecule has 0 rings (SSSR count). The van der Waals surface area contributed by atoms with Crippen molar-refractivity contribution in [1.82, 2.24) is 4.90 Å². The number of hydrogen-bond acceptors (Lipinski definition) is 3. The molecule has 0 aliphatic heterocycles. The van der Waals surface area contributed by atoms with Gasteiger partial charge < -0.3 is 9.64 Å². The number of rotatable bonds is 23. The van der Waals surface area contributed by atoms with Crippen molar-refractivity contribution in [3.63, 3.8) is 0 Å². The second-order valence-electron chi connectivity index (χ2n) is 9.23. The zero-order valence-electron chi connectivity index (χ0n) is 21.2. The Morgan fingerprint density at radius 2 is 0.968 bits per heavy atom. The minimum absolute atomic E-state index is 0.0350. The molecule has 0 spiro atoms. The quantitative estimate of drug-likeness (QED) is 0.120. The SMILES string of the molecule is CCCCCCCCCCCCCCCCCCOC(=O)CN(C)C(=O)CCCCC. The molecule has 0 saturated heterocycles. The van der Waals surface area contributed by atoms with Gasteiger partial charge in [0.1, 0.15) is 6.54 Å². The van der Waals surface area contributed by atoms with E-state index in [2.05, 4.69) is 13.8 Å². The van der Waals surface area contributed by atoms with Gasteiger partial charge >= 0.3 is 5.97 Å². The van der Waals surface area contributed by atoms with Crippen LogP contribution in [0.15, 0.2) is 0 Å². The molecule has 1 amide bonds. The predicted molar refractivity (Wildman–Crippen MR) is 132 cm³/mol. The Morgan fingerprint density at radius 1 is 0.581 bits per heavy atom. The van der Waals surface area contributed by atoms with E-state index in [4.69, 9.17) is 4.74 Å². The van der Waals surface area contributed by atoms with Crippen LogP contribution in [0.1, 0.15) is 142 Å². The van der Waals surface area contributed by atoms with Crippen molar-refractivity contribution in [2.75, 3.05) is 20.2 Å². The molecular weight excluding hydrogens is 386 g/mol. The van der Waals surface area contributed by atoms with Gasteiger partial charge in [0.25, 0.3) is 0 Å². The summed E-state index contributed by atoms with van der Waals surface area (Å²) in [6.07, 6.45) is 24.9. The van der Waals surface area contributed by atoms with Crippen LogP contribution in [0, 0.1) is 0 Å². The molecule has 0 fully saturated rings. The average Bonchev–Trinajstić information content (AvgIpc) is 2.75. The predicted octanol–water partition coefficient (Wildman–Crippen LogP) is 7.83. The van der Waals surface area contributed by atoms with Crippen molar-refractivity contribution >= 4 is 11.9 Å². The molecule has 0 aromatic heterocycles. The van der Waals surface area contributed by atoms with Crippen LogP contribution in [-0.4, -0.2) is 37.0 Å². The third kappa shape index (κ3) is 21.9. The Kier molecular flexibility index (Phi) is 22.8. The van der Waals surface area contributed by atoms with Crippen LogP contribution >= 0.6 is 0 Å². The van der Waals surface area contributed by atoms with Crippen molar-refractivity contribution in [3.8, 4) is 0 Å². The molecule has 0 saturated carbocycles.